The molecule has 53 valence electrons. The van der Waals surface area contributed by atoms with Crippen molar-refractivity contribution in [3.8, 4) is 0 Å². The molecule has 1 N–H and O–H groups in total. The molecule has 0 aromatic rings. The summed E-state index contributed by atoms with van der Waals surface area (Å²) in [6.07, 6.45) is -1.44. The predicted molar refractivity (Wildman–Crippen MR) is 34.9 cm³/mol. The fraction of sp³-hybridized carbons (Fsp3) is 0.500. The summed E-state index contributed by atoms with van der Waals surface area (Å²) in [4.78, 5) is 9.85. The van der Waals surface area contributed by atoms with Gasteiger partial charge in [0.25, 0.3) is 15.3 Å². The molecular formula is C2H2NaO5S2. The quantitative estimate of drug-likeness (QED) is 0.518. The molecule has 10 heavy (non-hydrogen) atoms. The van der Waals surface area contributed by atoms with E-state index in [9.17, 15) is 9.00 Å². The fourth-order valence-electron chi connectivity index (χ4n) is 0.304. The topological polar surface area (TPSA) is 72.8 Å². The Balaban J connectivity index is 0.000000810. The van der Waals surface area contributed by atoms with Crippen molar-refractivity contribution in [1.29, 1.82) is 0 Å². The summed E-state index contributed by atoms with van der Waals surface area (Å²) in [6, 6.07) is 0. The second kappa shape index (κ2) is 3.44. The van der Waals surface area contributed by atoms with Crippen LogP contribution in [0.2, 0.25) is 0 Å². The summed E-state index contributed by atoms with van der Waals surface area (Å²) in [7, 11) is -3.12. The maximum atomic E-state index is 10.3. The van der Waals surface area contributed by atoms with Crippen LogP contribution in [0.4, 0.5) is 0 Å². The molecule has 0 unspecified atom stereocenters. The van der Waals surface area contributed by atoms with Crippen LogP contribution in [-0.4, -0.2) is 51.1 Å². The van der Waals surface area contributed by atoms with Crippen molar-refractivity contribution >= 4 is 55.8 Å². The van der Waals surface area contributed by atoms with Crippen molar-refractivity contribution in [2.45, 2.75) is 6.29 Å². The van der Waals surface area contributed by atoms with Crippen LogP contribution in [0.25, 0.3) is 0 Å². The SMILES string of the molecule is O=C(O)C1OS(=O)(=S)O1.[Na]. The van der Waals surface area contributed by atoms with Crippen LogP contribution in [-0.2, 0) is 33.4 Å². The zero-order valence-electron chi connectivity index (χ0n) is 4.97. The van der Waals surface area contributed by atoms with Crippen LogP contribution in [0, 0.1) is 0 Å². The second-order valence-electron chi connectivity index (χ2n) is 1.27. The Kier molecular flexibility index (Phi) is 3.70. The molecular weight excluding hydrogens is 191 g/mol. The molecule has 0 atom stereocenters. The van der Waals surface area contributed by atoms with E-state index in [0.717, 1.165) is 0 Å². The van der Waals surface area contributed by atoms with Crippen LogP contribution in [0.3, 0.4) is 0 Å². The molecule has 1 fully saturated rings. The Morgan fingerprint density at radius 1 is 1.60 bits per heavy atom. The molecule has 1 aliphatic rings. The van der Waals surface area contributed by atoms with Crippen LogP contribution in [0.1, 0.15) is 0 Å². The molecule has 0 saturated carbocycles. The van der Waals surface area contributed by atoms with Gasteiger partial charge in [-0.05, 0) is 0 Å². The van der Waals surface area contributed by atoms with Gasteiger partial charge in [0.05, 0.1) is 0 Å². The van der Waals surface area contributed by atoms with Crippen molar-refractivity contribution in [2.75, 3.05) is 0 Å². The van der Waals surface area contributed by atoms with Gasteiger partial charge in [0.2, 0.25) is 0 Å². The van der Waals surface area contributed by atoms with Gasteiger partial charge in [-0.2, -0.15) is 4.21 Å². The van der Waals surface area contributed by atoms with Crippen LogP contribution in [0.15, 0.2) is 0 Å². The molecule has 1 saturated heterocycles. The maximum absolute atomic E-state index is 10.3. The van der Waals surface area contributed by atoms with E-state index in [1.165, 1.54) is 0 Å². The maximum Gasteiger partial charge on any atom is 0.363 e. The van der Waals surface area contributed by atoms with Crippen LogP contribution >= 0.6 is 0 Å². The molecule has 5 nitrogen and oxygen atoms in total. The first-order valence-electron chi connectivity index (χ1n) is 1.85. The molecule has 0 aliphatic carbocycles. The van der Waals surface area contributed by atoms with E-state index in [4.69, 9.17) is 5.11 Å². The Morgan fingerprint density at radius 2 is 2.00 bits per heavy atom. The first-order chi connectivity index (χ1) is 4.01. The first-order valence-corrected chi connectivity index (χ1v) is 4.19. The molecule has 0 aromatic carbocycles. The van der Waals surface area contributed by atoms with E-state index < -0.39 is 21.3 Å². The van der Waals surface area contributed by atoms with E-state index in [1.807, 2.05) is 0 Å². The van der Waals surface area contributed by atoms with Gasteiger partial charge in [-0.15, -0.1) is 0 Å². The third-order valence-electron chi connectivity index (χ3n) is 0.612. The molecule has 0 aromatic heterocycles. The van der Waals surface area contributed by atoms with Gasteiger partial charge in [0, 0.05) is 40.7 Å². The average Bonchev–Trinajstić information content (AvgIpc) is 1.59. The molecule has 0 spiro atoms. The van der Waals surface area contributed by atoms with Crippen LogP contribution in [0.5, 0.6) is 0 Å². The minimum Gasteiger partial charge on any atom is -0.477 e. The van der Waals surface area contributed by atoms with Crippen molar-refractivity contribution in [2.24, 2.45) is 0 Å². The van der Waals surface area contributed by atoms with Gasteiger partial charge in [0.15, 0.2) is 0 Å². The summed E-state index contributed by atoms with van der Waals surface area (Å²) < 4.78 is 18.5. The Hall–Kier alpha value is 0.760. The zero-order chi connectivity index (χ0) is 7.07. The number of carboxylic acid groups (broad SMARTS) is 1. The van der Waals surface area contributed by atoms with Gasteiger partial charge in [-0.1, -0.05) is 0 Å². The minimum absolute atomic E-state index is 0. The van der Waals surface area contributed by atoms with Gasteiger partial charge < -0.3 is 5.11 Å². The number of carbonyl (C=O) groups is 1. The fourth-order valence-corrected chi connectivity index (χ4v) is 1.34. The third kappa shape index (κ3) is 2.42. The Labute approximate surface area is 84.1 Å². The van der Waals surface area contributed by atoms with Crippen LogP contribution < -0.4 is 0 Å². The van der Waals surface area contributed by atoms with E-state index in [-0.39, 0.29) is 29.6 Å². The average molecular weight is 193 g/mol. The Morgan fingerprint density at radius 3 is 2.10 bits per heavy atom. The van der Waals surface area contributed by atoms with Gasteiger partial charge in [0.1, 0.15) is 0 Å². The minimum atomic E-state index is -3.12. The molecule has 1 aliphatic heterocycles. The summed E-state index contributed by atoms with van der Waals surface area (Å²) in [5.41, 5.74) is 0. The largest absolute Gasteiger partial charge is 0.477 e. The Bertz CT molecular complexity index is 220. The normalized spacial score (nSPS) is 37.4. The first kappa shape index (κ1) is 10.8. The van der Waals surface area contributed by atoms with E-state index >= 15 is 0 Å². The summed E-state index contributed by atoms with van der Waals surface area (Å²) in [6.45, 7) is 0. The molecule has 0 amide bonds. The number of aliphatic carboxylic acids is 1. The van der Waals surface area contributed by atoms with E-state index in [1.54, 1.807) is 0 Å². The monoisotopic (exact) mass is 193 g/mol. The molecule has 1 radical (unpaired) electrons. The molecule has 1 heterocycles. The van der Waals surface area contributed by atoms with Crippen molar-refractivity contribution in [3.63, 3.8) is 0 Å². The number of carboxylic acids is 1. The summed E-state index contributed by atoms with van der Waals surface area (Å²) in [5.74, 6) is -1.32. The molecule has 8 heteroatoms. The molecule has 0 bridgehead atoms. The number of hydrogen-bond donors (Lipinski definition) is 1. The number of hydrogen-bond acceptors (Lipinski definition) is 5. The predicted octanol–water partition coefficient (Wildman–Crippen LogP) is -1.36. The van der Waals surface area contributed by atoms with Crippen molar-refractivity contribution < 1.29 is 22.5 Å². The standard InChI is InChI=1S/C2H2O5S2.Na/c3-1(4)2-6-9(5,8)7-2;/h2H,(H,3,4);. The zero-order valence-corrected chi connectivity index (χ0v) is 8.61. The smallest absolute Gasteiger partial charge is 0.363 e. The van der Waals surface area contributed by atoms with E-state index in [0.29, 0.717) is 0 Å². The number of rotatable bonds is 1. The van der Waals surface area contributed by atoms with E-state index in [2.05, 4.69) is 19.6 Å². The van der Waals surface area contributed by atoms with Crippen molar-refractivity contribution in [3.05, 3.63) is 0 Å². The third-order valence-corrected chi connectivity index (χ3v) is 1.90. The van der Waals surface area contributed by atoms with Gasteiger partial charge >= 0.3 is 5.97 Å². The van der Waals surface area contributed by atoms with Crippen molar-refractivity contribution in [1.82, 2.24) is 0 Å². The van der Waals surface area contributed by atoms with Gasteiger partial charge in [-0.25, -0.2) is 13.2 Å². The summed E-state index contributed by atoms with van der Waals surface area (Å²) >= 11 is 4.09. The summed E-state index contributed by atoms with van der Waals surface area (Å²) in [5, 5.41) is 8.04. The van der Waals surface area contributed by atoms with Gasteiger partial charge in [-0.3, -0.25) is 0 Å². The molecule has 1 rings (SSSR count). The second-order valence-corrected chi connectivity index (χ2v) is 3.70.